The Kier molecular flexibility index (Phi) is 9.15. The van der Waals surface area contributed by atoms with Crippen LogP contribution in [0.15, 0.2) is 60.1 Å². The molecule has 0 spiro atoms. The van der Waals surface area contributed by atoms with Crippen LogP contribution in [0, 0.1) is 11.3 Å². The van der Waals surface area contributed by atoms with Gasteiger partial charge in [-0.25, -0.2) is 18.4 Å². The first-order valence-electron chi connectivity index (χ1n) is 11.0. The van der Waals surface area contributed by atoms with Crippen LogP contribution in [-0.4, -0.2) is 41.7 Å². The maximum atomic E-state index is 11.5. The van der Waals surface area contributed by atoms with Crippen molar-refractivity contribution in [2.45, 2.75) is 25.6 Å². The molecule has 0 N–H and O–H groups in total. The first kappa shape index (κ1) is 27.3. The summed E-state index contributed by atoms with van der Waals surface area (Å²) in [4.78, 5) is 7.72. The second kappa shape index (κ2) is 12.1. The highest BCUT2D eigenvalue weighted by molar-refractivity contribution is 7.90. The first-order valence-corrected chi connectivity index (χ1v) is 13.8. The summed E-state index contributed by atoms with van der Waals surface area (Å²) in [6, 6.07) is 13.1. The zero-order chi connectivity index (χ0) is 26.3. The third kappa shape index (κ3) is 6.26. The van der Waals surface area contributed by atoms with Gasteiger partial charge in [0, 0.05) is 41.5 Å². The fraction of sp³-hybridized carbons (Fsp3) is 0.240. The number of nitrogens with zero attached hydrogens (tertiary/aromatic N) is 4. The lowest BCUT2D eigenvalue weighted by atomic mass is 10.2. The molecule has 0 amide bonds. The van der Waals surface area contributed by atoms with Crippen LogP contribution in [0.4, 0.5) is 0 Å². The smallest absolute Gasteiger partial charge is 0.246 e. The summed E-state index contributed by atoms with van der Waals surface area (Å²) in [6.07, 6.45) is 5.78. The Morgan fingerprint density at radius 3 is 2.44 bits per heavy atom. The molecule has 8 nitrogen and oxygen atoms in total. The van der Waals surface area contributed by atoms with Gasteiger partial charge in [0.05, 0.1) is 22.0 Å². The quantitative estimate of drug-likeness (QED) is 0.210. The van der Waals surface area contributed by atoms with Crippen LogP contribution in [0.2, 0.25) is 5.02 Å². The lowest BCUT2D eigenvalue weighted by Crippen LogP contribution is -2.05. The highest BCUT2D eigenvalue weighted by Crippen LogP contribution is 2.33. The molecular formula is C25H24Cl2N4O4S. The maximum Gasteiger partial charge on any atom is 0.246 e. The lowest BCUT2D eigenvalue weighted by molar-refractivity contribution is 0.305. The normalized spacial score (nSPS) is 10.9. The third-order valence-corrected chi connectivity index (χ3v) is 6.14. The molecule has 0 fully saturated rings. The van der Waals surface area contributed by atoms with Gasteiger partial charge < -0.3 is 14.0 Å². The van der Waals surface area contributed by atoms with E-state index in [0.717, 1.165) is 17.2 Å². The molecule has 2 aromatic carbocycles. The number of benzene rings is 2. The number of sulfone groups is 1. The van der Waals surface area contributed by atoms with Crippen molar-refractivity contribution in [3.8, 4) is 23.3 Å². The van der Waals surface area contributed by atoms with Gasteiger partial charge in [0.1, 0.15) is 25.0 Å². The average molecular weight is 547 g/mol. The topological polar surface area (TPSA) is 107 Å². The Labute approximate surface area is 219 Å². The fourth-order valence-electron chi connectivity index (χ4n) is 3.30. The molecule has 0 saturated heterocycles. The summed E-state index contributed by atoms with van der Waals surface area (Å²) in [6.45, 7) is 4.43. The second-order valence-electron chi connectivity index (χ2n) is 7.29. The van der Waals surface area contributed by atoms with Gasteiger partial charge in [0.25, 0.3) is 0 Å². The molecule has 0 saturated carbocycles. The Hall–Kier alpha value is -3.32. The van der Waals surface area contributed by atoms with Crippen molar-refractivity contribution in [2.24, 2.45) is 0 Å². The van der Waals surface area contributed by atoms with Crippen LogP contribution >= 0.6 is 23.2 Å². The van der Waals surface area contributed by atoms with E-state index in [1.54, 1.807) is 12.1 Å². The van der Waals surface area contributed by atoms with E-state index in [1.807, 2.05) is 48.9 Å². The number of hydrogen-bond donors (Lipinski definition) is 0. The number of nitriles is 1. The number of halogens is 2. The van der Waals surface area contributed by atoms with E-state index < -0.39 is 9.84 Å². The van der Waals surface area contributed by atoms with E-state index in [1.165, 1.54) is 12.4 Å². The SMILES string of the molecule is CC.CS(=O)(=O)c1ncc(COc2ccc3c(ccn3-c3cc(Cl)c(OCCCl)c(C#N)c3)c2)cn1. The highest BCUT2D eigenvalue weighted by Gasteiger charge is 2.14. The molecule has 11 heteroatoms. The lowest BCUT2D eigenvalue weighted by Gasteiger charge is -2.12. The van der Waals surface area contributed by atoms with Crippen LogP contribution in [-0.2, 0) is 16.4 Å². The molecule has 0 radical (unpaired) electrons. The van der Waals surface area contributed by atoms with E-state index in [2.05, 4.69) is 16.0 Å². The molecule has 4 aromatic rings. The Morgan fingerprint density at radius 2 is 1.81 bits per heavy atom. The molecule has 2 heterocycles. The zero-order valence-electron chi connectivity index (χ0n) is 19.9. The van der Waals surface area contributed by atoms with Gasteiger partial charge in [-0.3, -0.25) is 0 Å². The van der Waals surface area contributed by atoms with Crippen LogP contribution in [0.3, 0.4) is 0 Å². The van der Waals surface area contributed by atoms with Crippen molar-refractivity contribution in [3.63, 3.8) is 0 Å². The maximum absolute atomic E-state index is 11.5. The molecule has 2 aromatic heterocycles. The number of hydrogen-bond acceptors (Lipinski definition) is 7. The molecule has 0 bridgehead atoms. The molecule has 0 aliphatic rings. The highest BCUT2D eigenvalue weighted by atomic mass is 35.5. The molecule has 0 atom stereocenters. The van der Waals surface area contributed by atoms with E-state index in [9.17, 15) is 13.7 Å². The van der Waals surface area contributed by atoms with Crippen LogP contribution in [0.1, 0.15) is 25.0 Å². The molecule has 36 heavy (non-hydrogen) atoms. The predicted octanol–water partition coefficient (Wildman–Crippen LogP) is 5.57. The number of fused-ring (bicyclic) bond motifs is 1. The van der Waals surface area contributed by atoms with Crippen molar-refractivity contribution in [1.82, 2.24) is 14.5 Å². The van der Waals surface area contributed by atoms with Crippen LogP contribution in [0.25, 0.3) is 16.6 Å². The molecule has 0 aliphatic carbocycles. The Bertz CT molecular complexity index is 1500. The van der Waals surface area contributed by atoms with Gasteiger partial charge in [-0.1, -0.05) is 25.4 Å². The van der Waals surface area contributed by atoms with Gasteiger partial charge in [-0.05, 0) is 36.4 Å². The van der Waals surface area contributed by atoms with Gasteiger partial charge in [-0.2, -0.15) is 5.26 Å². The number of alkyl halides is 1. The summed E-state index contributed by atoms with van der Waals surface area (Å²) in [5, 5.41) is 10.6. The number of aromatic nitrogens is 3. The van der Waals surface area contributed by atoms with Gasteiger partial charge >= 0.3 is 0 Å². The first-order chi connectivity index (χ1) is 17.3. The number of ether oxygens (including phenoxy) is 2. The molecule has 0 unspecified atom stereocenters. The van der Waals surface area contributed by atoms with Gasteiger partial charge in [0.15, 0.2) is 5.75 Å². The largest absolute Gasteiger partial charge is 0.489 e. The molecular weight excluding hydrogens is 523 g/mol. The number of rotatable bonds is 8. The second-order valence-corrected chi connectivity index (χ2v) is 9.99. The monoisotopic (exact) mass is 546 g/mol. The van der Waals surface area contributed by atoms with E-state index >= 15 is 0 Å². The van der Waals surface area contributed by atoms with Crippen molar-refractivity contribution >= 4 is 43.9 Å². The minimum atomic E-state index is -3.45. The molecule has 188 valence electrons. The van der Waals surface area contributed by atoms with E-state index in [4.69, 9.17) is 32.7 Å². The Balaban J connectivity index is 0.00000176. The van der Waals surface area contributed by atoms with Crippen LogP contribution < -0.4 is 9.47 Å². The minimum absolute atomic E-state index is 0.182. The van der Waals surface area contributed by atoms with E-state index in [-0.39, 0.29) is 24.3 Å². The zero-order valence-corrected chi connectivity index (χ0v) is 22.2. The summed E-state index contributed by atoms with van der Waals surface area (Å²) in [5.74, 6) is 1.22. The minimum Gasteiger partial charge on any atom is -0.489 e. The summed E-state index contributed by atoms with van der Waals surface area (Å²) < 4.78 is 36.2. The van der Waals surface area contributed by atoms with Crippen molar-refractivity contribution in [3.05, 3.63) is 71.1 Å². The van der Waals surface area contributed by atoms with E-state index in [0.29, 0.717) is 33.3 Å². The van der Waals surface area contributed by atoms with Gasteiger partial charge in [0.2, 0.25) is 15.0 Å². The van der Waals surface area contributed by atoms with Crippen LogP contribution in [0.5, 0.6) is 11.5 Å². The fourth-order valence-corrected chi connectivity index (χ4v) is 4.13. The average Bonchev–Trinajstić information content (AvgIpc) is 3.30. The van der Waals surface area contributed by atoms with Crippen molar-refractivity contribution in [2.75, 3.05) is 18.7 Å². The van der Waals surface area contributed by atoms with Crippen molar-refractivity contribution < 1.29 is 17.9 Å². The van der Waals surface area contributed by atoms with Gasteiger partial charge in [-0.15, -0.1) is 11.6 Å². The van der Waals surface area contributed by atoms with Crippen molar-refractivity contribution in [1.29, 1.82) is 5.26 Å². The predicted molar refractivity (Wildman–Crippen MR) is 140 cm³/mol. The Morgan fingerprint density at radius 1 is 1.08 bits per heavy atom. The third-order valence-electron chi connectivity index (χ3n) is 4.83. The molecule has 4 rings (SSSR count). The summed E-state index contributed by atoms with van der Waals surface area (Å²) >= 11 is 12.1. The molecule has 0 aliphatic heterocycles. The summed E-state index contributed by atoms with van der Waals surface area (Å²) in [7, 11) is -3.45. The summed E-state index contributed by atoms with van der Waals surface area (Å²) in [5.41, 5.74) is 2.56. The standard InChI is InChI=1S/C23H18Cl2N4O4S.C2H6/c1-34(30,31)23-27-12-15(13-28-23)14-33-19-2-3-21-16(9-19)4-6-29(21)18-8-17(11-26)22(20(25)10-18)32-7-5-24;1-2/h2-4,6,8-10,12-13H,5,7,14H2,1H3;1-2H3.